The van der Waals surface area contributed by atoms with Gasteiger partial charge in [0.25, 0.3) is 0 Å². The third-order valence-corrected chi connectivity index (χ3v) is 9.00. The number of amides is 1. The van der Waals surface area contributed by atoms with Crippen LogP contribution in [0.4, 0.5) is 0 Å². The van der Waals surface area contributed by atoms with Crippen LogP contribution in [0, 0.1) is 0 Å². The monoisotopic (exact) mass is 413 g/mol. The number of benzene rings is 2. The van der Waals surface area contributed by atoms with Gasteiger partial charge >= 0.3 is 0 Å². The second-order valence-electron chi connectivity index (χ2n) is 8.43. The van der Waals surface area contributed by atoms with E-state index in [9.17, 15) is 13.2 Å². The van der Waals surface area contributed by atoms with Gasteiger partial charge in [-0.1, -0.05) is 55.5 Å². The molecule has 1 N–H and O–H groups in total. The minimum Gasteiger partial charge on any atom is -0.381 e. The van der Waals surface area contributed by atoms with Gasteiger partial charge < -0.3 is 10.1 Å². The molecule has 1 amide bonds. The van der Waals surface area contributed by atoms with Crippen LogP contribution < -0.4 is 5.32 Å². The number of nitrogens with one attached hydrogen (secondary N) is 1. The van der Waals surface area contributed by atoms with Crippen LogP contribution in [0.3, 0.4) is 0 Å². The highest BCUT2D eigenvalue weighted by Gasteiger charge is 2.53. The highest BCUT2D eigenvalue weighted by Crippen LogP contribution is 2.44. The summed E-state index contributed by atoms with van der Waals surface area (Å²) in [6.07, 6.45) is 1.97. The second kappa shape index (κ2) is 7.58. The van der Waals surface area contributed by atoms with E-state index >= 15 is 0 Å². The topological polar surface area (TPSA) is 72.5 Å². The van der Waals surface area contributed by atoms with Crippen molar-refractivity contribution in [1.29, 1.82) is 0 Å². The van der Waals surface area contributed by atoms with Gasteiger partial charge in [0.1, 0.15) is 0 Å². The van der Waals surface area contributed by atoms with Crippen LogP contribution in [0.5, 0.6) is 0 Å². The van der Waals surface area contributed by atoms with Crippen LogP contribution in [0.15, 0.2) is 65.6 Å². The van der Waals surface area contributed by atoms with Gasteiger partial charge in [-0.25, -0.2) is 8.42 Å². The Morgan fingerprint density at radius 1 is 0.966 bits per heavy atom. The molecule has 4 rings (SSSR count). The summed E-state index contributed by atoms with van der Waals surface area (Å²) < 4.78 is 30.9. The van der Waals surface area contributed by atoms with Gasteiger partial charge in [-0.2, -0.15) is 0 Å². The Kier molecular flexibility index (Phi) is 5.25. The summed E-state index contributed by atoms with van der Waals surface area (Å²) in [6, 6.07) is 18.5. The van der Waals surface area contributed by atoms with Gasteiger partial charge in [-0.05, 0) is 48.8 Å². The van der Waals surface area contributed by atoms with Crippen LogP contribution in [0.25, 0.3) is 0 Å². The van der Waals surface area contributed by atoms with E-state index in [0.29, 0.717) is 0 Å². The summed E-state index contributed by atoms with van der Waals surface area (Å²) in [7, 11) is -3.83. The summed E-state index contributed by atoms with van der Waals surface area (Å²) in [4.78, 5) is 13.5. The van der Waals surface area contributed by atoms with Crippen molar-refractivity contribution >= 4 is 15.7 Å². The number of hydrogen-bond donors (Lipinski definition) is 1. The molecule has 0 radical (unpaired) electrons. The van der Waals surface area contributed by atoms with E-state index in [-0.39, 0.29) is 48.3 Å². The molecular formula is C23H27NO4S. The summed E-state index contributed by atoms with van der Waals surface area (Å²) in [5.41, 5.74) is 1.27. The fourth-order valence-electron chi connectivity index (χ4n) is 4.67. The lowest BCUT2D eigenvalue weighted by Gasteiger charge is -2.47. The van der Waals surface area contributed by atoms with E-state index < -0.39 is 14.6 Å². The zero-order valence-electron chi connectivity index (χ0n) is 16.6. The Labute approximate surface area is 172 Å². The van der Waals surface area contributed by atoms with Crippen LogP contribution in [0.1, 0.15) is 38.2 Å². The van der Waals surface area contributed by atoms with Gasteiger partial charge in [-0.15, -0.1) is 0 Å². The maximum absolute atomic E-state index is 13.5. The van der Waals surface area contributed by atoms with Gasteiger partial charge in [0, 0.05) is 19.3 Å². The first-order chi connectivity index (χ1) is 13.9. The summed E-state index contributed by atoms with van der Waals surface area (Å²) >= 11 is 0. The summed E-state index contributed by atoms with van der Waals surface area (Å²) in [5.74, 6) is -0.384. The minimum atomic E-state index is -3.83. The molecular weight excluding hydrogens is 386 g/mol. The zero-order chi connectivity index (χ0) is 20.5. The Hall–Kier alpha value is -2.18. The Morgan fingerprint density at radius 3 is 2.10 bits per heavy atom. The molecule has 29 heavy (non-hydrogen) atoms. The molecule has 1 heterocycles. The number of ether oxygens (including phenoxy) is 1. The largest absolute Gasteiger partial charge is 0.381 e. The van der Waals surface area contributed by atoms with Gasteiger partial charge in [0.05, 0.1) is 4.90 Å². The van der Waals surface area contributed by atoms with Gasteiger partial charge in [-0.3, -0.25) is 4.79 Å². The zero-order valence-corrected chi connectivity index (χ0v) is 17.5. The molecule has 0 aromatic heterocycles. The smallest absolute Gasteiger partial charge is 0.242 e. The SMILES string of the molecule is CC1(c2ccccc2)CC(NC(=O)C2(S(=O)(=O)c3ccccc3)CCOCC2)C1. The lowest BCUT2D eigenvalue weighted by molar-refractivity contribution is -0.127. The first kappa shape index (κ1) is 20.1. The summed E-state index contributed by atoms with van der Waals surface area (Å²) in [6.45, 7) is 2.73. The second-order valence-corrected chi connectivity index (χ2v) is 10.7. The fourth-order valence-corrected chi connectivity index (χ4v) is 6.64. The van der Waals surface area contributed by atoms with E-state index in [1.807, 2.05) is 18.2 Å². The van der Waals surface area contributed by atoms with E-state index in [4.69, 9.17) is 4.74 Å². The van der Waals surface area contributed by atoms with E-state index in [1.54, 1.807) is 30.3 Å². The first-order valence-corrected chi connectivity index (χ1v) is 11.6. The molecule has 0 spiro atoms. The number of carbonyl (C=O) groups excluding carboxylic acids is 1. The van der Waals surface area contributed by atoms with Crippen molar-refractivity contribution < 1.29 is 17.9 Å². The van der Waals surface area contributed by atoms with Crippen molar-refractivity contribution in [3.63, 3.8) is 0 Å². The van der Waals surface area contributed by atoms with Crippen molar-refractivity contribution in [2.75, 3.05) is 13.2 Å². The standard InChI is InChI=1S/C23H27NO4S/c1-22(18-8-4-2-5-9-18)16-19(17-22)24-21(25)23(12-14-28-15-13-23)29(26,27)20-10-6-3-7-11-20/h2-11,19H,12-17H2,1H3,(H,24,25). The number of hydrogen-bond acceptors (Lipinski definition) is 4. The van der Waals surface area contributed by atoms with Gasteiger partial charge in [0.15, 0.2) is 14.6 Å². The van der Waals surface area contributed by atoms with Crippen LogP contribution in [-0.4, -0.2) is 38.3 Å². The molecule has 0 atom stereocenters. The summed E-state index contributed by atoms with van der Waals surface area (Å²) in [5, 5.41) is 3.05. The molecule has 154 valence electrons. The average molecular weight is 414 g/mol. The van der Waals surface area contributed by atoms with E-state index in [0.717, 1.165) is 12.8 Å². The highest BCUT2D eigenvalue weighted by atomic mass is 32.2. The average Bonchev–Trinajstić information content (AvgIpc) is 2.74. The lowest BCUT2D eigenvalue weighted by Crippen LogP contribution is -2.61. The normalized spacial score (nSPS) is 26.3. The fraction of sp³-hybridized carbons (Fsp3) is 0.435. The predicted molar refractivity (Wildman–Crippen MR) is 111 cm³/mol. The third-order valence-electron chi connectivity index (χ3n) is 6.48. The molecule has 0 bridgehead atoms. The molecule has 2 aromatic rings. The molecule has 6 heteroatoms. The predicted octanol–water partition coefficient (Wildman–Crippen LogP) is 3.25. The first-order valence-electron chi connectivity index (χ1n) is 10.1. The number of sulfone groups is 1. The Balaban J connectivity index is 1.54. The van der Waals surface area contributed by atoms with Crippen LogP contribution in [-0.2, 0) is 24.8 Å². The lowest BCUT2D eigenvalue weighted by atomic mass is 9.63. The van der Waals surface area contributed by atoms with E-state index in [2.05, 4.69) is 24.4 Å². The van der Waals surface area contributed by atoms with Crippen molar-refractivity contribution in [2.45, 2.75) is 53.7 Å². The molecule has 1 aliphatic carbocycles. The van der Waals surface area contributed by atoms with E-state index in [1.165, 1.54) is 5.56 Å². The minimum absolute atomic E-state index is 0.0142. The quantitative estimate of drug-likeness (QED) is 0.817. The van der Waals surface area contributed by atoms with Crippen LogP contribution >= 0.6 is 0 Å². The molecule has 1 aliphatic heterocycles. The Morgan fingerprint density at radius 2 is 1.52 bits per heavy atom. The van der Waals surface area contributed by atoms with Gasteiger partial charge in [0.2, 0.25) is 5.91 Å². The molecule has 1 saturated carbocycles. The molecule has 2 fully saturated rings. The van der Waals surface area contributed by atoms with Crippen molar-refractivity contribution in [2.24, 2.45) is 0 Å². The number of rotatable bonds is 5. The maximum Gasteiger partial charge on any atom is 0.242 e. The Bertz CT molecular complexity index is 960. The molecule has 2 aromatic carbocycles. The van der Waals surface area contributed by atoms with Crippen molar-refractivity contribution in [3.8, 4) is 0 Å². The molecule has 0 unspecified atom stereocenters. The molecule has 5 nitrogen and oxygen atoms in total. The molecule has 2 aliphatic rings. The maximum atomic E-state index is 13.5. The van der Waals surface area contributed by atoms with Crippen molar-refractivity contribution in [1.82, 2.24) is 5.32 Å². The third kappa shape index (κ3) is 3.49. The van der Waals surface area contributed by atoms with Crippen LogP contribution in [0.2, 0.25) is 0 Å². The molecule has 1 saturated heterocycles. The van der Waals surface area contributed by atoms with Crippen molar-refractivity contribution in [3.05, 3.63) is 66.2 Å². The number of carbonyl (C=O) groups is 1. The highest BCUT2D eigenvalue weighted by molar-refractivity contribution is 7.93.